The van der Waals surface area contributed by atoms with E-state index in [0.717, 1.165) is 25.8 Å². The largest absolute Gasteiger partial charge is 0.347 e. The van der Waals surface area contributed by atoms with E-state index in [4.69, 9.17) is 0 Å². The van der Waals surface area contributed by atoms with Crippen LogP contribution in [0.15, 0.2) is 36.5 Å². The maximum absolute atomic E-state index is 11.4. The van der Waals surface area contributed by atoms with E-state index in [2.05, 4.69) is 48.0 Å². The van der Waals surface area contributed by atoms with E-state index in [-0.39, 0.29) is 0 Å². The van der Waals surface area contributed by atoms with Crippen LogP contribution >= 0.6 is 0 Å². The number of rotatable bonds is 6. The number of benzene rings is 1. The number of nitrogens with zero attached hydrogens (tertiary/aromatic N) is 1. The Kier molecular flexibility index (Phi) is 3.97. The molecule has 17 heavy (non-hydrogen) atoms. The molecule has 1 aromatic carbocycles. The third-order valence-electron chi connectivity index (χ3n) is 3.06. The summed E-state index contributed by atoms with van der Waals surface area (Å²) in [5.74, 6) is 0.393. The second kappa shape index (κ2) is 5.67. The summed E-state index contributed by atoms with van der Waals surface area (Å²) < 4.78 is 2.23. The topological polar surface area (TPSA) is 22.0 Å². The number of hydrogen-bond acceptors (Lipinski definition) is 1. The van der Waals surface area contributed by atoms with Gasteiger partial charge in [0.1, 0.15) is 5.78 Å². The number of Topliss-reactive ketones (excluding diaryl/α,β-unsaturated/α-hetero) is 1. The standard InChI is InChI=1S/C15H19NO/c1-2-6-14(17)8-5-11-16-12-10-13-7-3-4-9-15(13)16/h3-4,7,9-10,12H,2,5-6,8,11H2,1H3. The Morgan fingerprint density at radius 3 is 2.82 bits per heavy atom. The Morgan fingerprint density at radius 1 is 1.18 bits per heavy atom. The lowest BCUT2D eigenvalue weighted by atomic mass is 10.1. The number of carbonyl (C=O) groups excluding carboxylic acids is 1. The first-order valence-corrected chi connectivity index (χ1v) is 6.37. The molecule has 0 atom stereocenters. The number of carbonyl (C=O) groups is 1. The minimum absolute atomic E-state index is 0.393. The van der Waals surface area contributed by atoms with E-state index < -0.39 is 0 Å². The van der Waals surface area contributed by atoms with E-state index in [0.29, 0.717) is 12.2 Å². The Morgan fingerprint density at radius 2 is 2.00 bits per heavy atom. The average molecular weight is 229 g/mol. The fourth-order valence-corrected chi connectivity index (χ4v) is 2.19. The zero-order chi connectivity index (χ0) is 12.1. The molecule has 0 spiro atoms. The number of fused-ring (bicyclic) bond motifs is 1. The van der Waals surface area contributed by atoms with Gasteiger partial charge in [-0.2, -0.15) is 0 Å². The fraction of sp³-hybridized carbons (Fsp3) is 0.400. The summed E-state index contributed by atoms with van der Waals surface area (Å²) in [6.07, 6.45) is 5.45. The number of hydrogen-bond donors (Lipinski definition) is 0. The molecule has 2 nitrogen and oxygen atoms in total. The van der Waals surface area contributed by atoms with Gasteiger partial charge in [-0.3, -0.25) is 4.79 Å². The Bertz CT molecular complexity index is 498. The molecule has 90 valence electrons. The van der Waals surface area contributed by atoms with Gasteiger partial charge in [0.05, 0.1) is 0 Å². The Hall–Kier alpha value is -1.57. The van der Waals surface area contributed by atoms with Crippen LogP contribution in [0.3, 0.4) is 0 Å². The summed E-state index contributed by atoms with van der Waals surface area (Å²) in [6.45, 7) is 2.99. The summed E-state index contributed by atoms with van der Waals surface area (Å²) >= 11 is 0. The van der Waals surface area contributed by atoms with Gasteiger partial charge in [0.25, 0.3) is 0 Å². The number of para-hydroxylation sites is 1. The van der Waals surface area contributed by atoms with Crippen molar-refractivity contribution in [1.29, 1.82) is 0 Å². The van der Waals surface area contributed by atoms with E-state index in [9.17, 15) is 4.79 Å². The third kappa shape index (κ3) is 2.96. The predicted octanol–water partition coefficient (Wildman–Crippen LogP) is 3.79. The van der Waals surface area contributed by atoms with Crippen molar-refractivity contribution in [2.45, 2.75) is 39.2 Å². The van der Waals surface area contributed by atoms with Gasteiger partial charge in [-0.15, -0.1) is 0 Å². The van der Waals surface area contributed by atoms with Gasteiger partial charge in [-0.05, 0) is 30.4 Å². The number of aromatic nitrogens is 1. The molecule has 0 saturated heterocycles. The van der Waals surface area contributed by atoms with Crippen molar-refractivity contribution in [3.8, 4) is 0 Å². The van der Waals surface area contributed by atoms with Crippen molar-refractivity contribution in [2.24, 2.45) is 0 Å². The predicted molar refractivity (Wildman–Crippen MR) is 71.1 cm³/mol. The van der Waals surface area contributed by atoms with Crippen molar-refractivity contribution >= 4 is 16.7 Å². The minimum atomic E-state index is 0.393. The van der Waals surface area contributed by atoms with Gasteiger partial charge < -0.3 is 4.57 Å². The fourth-order valence-electron chi connectivity index (χ4n) is 2.19. The first-order valence-electron chi connectivity index (χ1n) is 6.37. The summed E-state index contributed by atoms with van der Waals surface area (Å²) in [4.78, 5) is 11.4. The zero-order valence-electron chi connectivity index (χ0n) is 10.4. The normalized spacial score (nSPS) is 10.9. The summed E-state index contributed by atoms with van der Waals surface area (Å²) in [6, 6.07) is 10.5. The highest BCUT2D eigenvalue weighted by Crippen LogP contribution is 2.15. The maximum Gasteiger partial charge on any atom is 0.132 e. The molecule has 0 N–H and O–H groups in total. The minimum Gasteiger partial charge on any atom is -0.347 e. The maximum atomic E-state index is 11.4. The lowest BCUT2D eigenvalue weighted by Crippen LogP contribution is -2.01. The molecular formula is C15H19NO. The molecule has 0 fully saturated rings. The SMILES string of the molecule is CCCC(=O)CCCn1ccc2ccccc21. The van der Waals surface area contributed by atoms with Crippen molar-refractivity contribution < 1.29 is 4.79 Å². The quantitative estimate of drug-likeness (QED) is 0.738. The molecule has 1 heterocycles. The molecule has 0 aliphatic heterocycles. The van der Waals surface area contributed by atoms with E-state index in [1.807, 2.05) is 0 Å². The summed E-state index contributed by atoms with van der Waals surface area (Å²) in [7, 11) is 0. The second-order valence-corrected chi connectivity index (χ2v) is 4.46. The van der Waals surface area contributed by atoms with Crippen LogP contribution in [-0.2, 0) is 11.3 Å². The van der Waals surface area contributed by atoms with Gasteiger partial charge in [0, 0.05) is 31.1 Å². The summed E-state index contributed by atoms with van der Waals surface area (Å²) in [5.41, 5.74) is 1.26. The second-order valence-electron chi connectivity index (χ2n) is 4.46. The molecule has 0 amide bonds. The van der Waals surface area contributed by atoms with Crippen LogP contribution in [0.1, 0.15) is 32.6 Å². The molecule has 0 radical (unpaired) electrons. The molecule has 0 unspecified atom stereocenters. The van der Waals surface area contributed by atoms with Crippen molar-refractivity contribution in [3.05, 3.63) is 36.5 Å². The first-order chi connectivity index (χ1) is 8.31. The van der Waals surface area contributed by atoms with Gasteiger partial charge in [-0.1, -0.05) is 25.1 Å². The van der Waals surface area contributed by atoms with E-state index >= 15 is 0 Å². The highest BCUT2D eigenvalue weighted by molar-refractivity contribution is 5.80. The molecule has 2 heteroatoms. The van der Waals surface area contributed by atoms with Crippen LogP contribution in [0, 0.1) is 0 Å². The van der Waals surface area contributed by atoms with Gasteiger partial charge in [0.15, 0.2) is 0 Å². The lowest BCUT2D eigenvalue weighted by Gasteiger charge is -2.04. The average Bonchev–Trinajstić information content (AvgIpc) is 2.73. The molecular weight excluding hydrogens is 210 g/mol. The molecule has 0 aliphatic carbocycles. The number of ketones is 1. The third-order valence-corrected chi connectivity index (χ3v) is 3.06. The van der Waals surface area contributed by atoms with Gasteiger partial charge >= 0.3 is 0 Å². The smallest absolute Gasteiger partial charge is 0.132 e. The van der Waals surface area contributed by atoms with Gasteiger partial charge in [-0.25, -0.2) is 0 Å². The molecule has 1 aromatic heterocycles. The monoisotopic (exact) mass is 229 g/mol. The van der Waals surface area contributed by atoms with Crippen LogP contribution in [-0.4, -0.2) is 10.4 Å². The Balaban J connectivity index is 1.93. The lowest BCUT2D eigenvalue weighted by molar-refractivity contribution is -0.119. The molecule has 2 rings (SSSR count). The zero-order valence-corrected chi connectivity index (χ0v) is 10.4. The Labute approximate surface area is 102 Å². The molecule has 2 aromatic rings. The first kappa shape index (κ1) is 11.9. The molecule has 0 aliphatic rings. The van der Waals surface area contributed by atoms with Crippen molar-refractivity contribution in [3.63, 3.8) is 0 Å². The van der Waals surface area contributed by atoms with Crippen LogP contribution < -0.4 is 0 Å². The summed E-state index contributed by atoms with van der Waals surface area (Å²) in [5, 5.41) is 1.27. The molecule has 0 saturated carbocycles. The van der Waals surface area contributed by atoms with Crippen molar-refractivity contribution in [1.82, 2.24) is 4.57 Å². The van der Waals surface area contributed by atoms with E-state index in [1.54, 1.807) is 0 Å². The highest BCUT2D eigenvalue weighted by atomic mass is 16.1. The van der Waals surface area contributed by atoms with Gasteiger partial charge in [0.2, 0.25) is 0 Å². The van der Waals surface area contributed by atoms with Crippen molar-refractivity contribution in [2.75, 3.05) is 0 Å². The molecule has 0 bridgehead atoms. The van der Waals surface area contributed by atoms with Crippen LogP contribution in [0.4, 0.5) is 0 Å². The number of aryl methyl sites for hydroxylation is 1. The van der Waals surface area contributed by atoms with E-state index in [1.165, 1.54) is 10.9 Å². The van der Waals surface area contributed by atoms with Crippen LogP contribution in [0.2, 0.25) is 0 Å². The van der Waals surface area contributed by atoms with Crippen LogP contribution in [0.25, 0.3) is 10.9 Å². The van der Waals surface area contributed by atoms with Crippen LogP contribution in [0.5, 0.6) is 0 Å². The highest BCUT2D eigenvalue weighted by Gasteiger charge is 2.02.